The quantitative estimate of drug-likeness (QED) is 0.480. The van der Waals surface area contributed by atoms with Gasteiger partial charge in [0.2, 0.25) is 0 Å². The van der Waals surface area contributed by atoms with Crippen LogP contribution in [0.15, 0.2) is 0 Å². The highest BCUT2D eigenvalue weighted by Gasteiger charge is 2.13. The maximum absolute atomic E-state index is 5.93. The fourth-order valence-electron chi connectivity index (χ4n) is 0.778. The zero-order valence-corrected chi connectivity index (χ0v) is 7.69. The minimum absolute atomic E-state index is 0.0123. The molecule has 11 heavy (non-hydrogen) atoms. The molecular weight excluding hydrogens is 138 g/mol. The molecule has 0 saturated heterocycles. The molecule has 0 aliphatic carbocycles. The van der Waals surface area contributed by atoms with E-state index in [0.717, 1.165) is 25.9 Å². The van der Waals surface area contributed by atoms with Crippen molar-refractivity contribution in [1.29, 1.82) is 0 Å². The van der Waals surface area contributed by atoms with E-state index in [4.69, 9.17) is 11.5 Å². The molecule has 1 unspecified atom stereocenters. The second-order valence-electron chi connectivity index (χ2n) is 3.30. The molecular formula is C8H21N3. The van der Waals surface area contributed by atoms with E-state index >= 15 is 0 Å². The summed E-state index contributed by atoms with van der Waals surface area (Å²) in [7, 11) is 0. The molecule has 0 radical (unpaired) electrons. The molecule has 0 aromatic carbocycles. The minimum atomic E-state index is -0.0123. The third-order valence-electron chi connectivity index (χ3n) is 2.00. The summed E-state index contributed by atoms with van der Waals surface area (Å²) >= 11 is 0. The van der Waals surface area contributed by atoms with Gasteiger partial charge in [0.1, 0.15) is 0 Å². The number of nitrogens with one attached hydrogen (secondary N) is 1. The summed E-state index contributed by atoms with van der Waals surface area (Å²) in [4.78, 5) is 0. The van der Waals surface area contributed by atoms with Gasteiger partial charge in [-0.25, -0.2) is 0 Å². The molecule has 1 atom stereocenters. The highest BCUT2D eigenvalue weighted by molar-refractivity contribution is 4.76. The Labute approximate surface area is 69.5 Å². The van der Waals surface area contributed by atoms with Gasteiger partial charge in [0.15, 0.2) is 0 Å². The summed E-state index contributed by atoms with van der Waals surface area (Å²) in [6.07, 6.45) is 2.04. The Bertz CT molecular complexity index is 91.3. The van der Waals surface area contributed by atoms with Crippen molar-refractivity contribution in [1.82, 2.24) is 5.32 Å². The molecule has 0 amide bonds. The first-order valence-corrected chi connectivity index (χ1v) is 4.32. The van der Waals surface area contributed by atoms with Gasteiger partial charge >= 0.3 is 0 Å². The standard InChI is InChI=1S/C8H21N3/c1-3-8(2,10)4-6-11-7-5-9/h11H,3-7,9-10H2,1-2H3. The smallest absolute Gasteiger partial charge is 0.0135 e. The number of hydrogen-bond acceptors (Lipinski definition) is 3. The third kappa shape index (κ3) is 6.28. The minimum Gasteiger partial charge on any atom is -0.329 e. The van der Waals surface area contributed by atoms with Crippen molar-refractivity contribution in [2.24, 2.45) is 11.5 Å². The van der Waals surface area contributed by atoms with Crippen LogP contribution in [0.1, 0.15) is 26.7 Å². The van der Waals surface area contributed by atoms with Gasteiger partial charge in [0, 0.05) is 18.6 Å². The normalized spacial score (nSPS) is 16.4. The molecule has 0 spiro atoms. The number of hydrogen-bond donors (Lipinski definition) is 3. The summed E-state index contributed by atoms with van der Waals surface area (Å²) < 4.78 is 0. The summed E-state index contributed by atoms with van der Waals surface area (Å²) in [5, 5.41) is 3.22. The molecule has 0 saturated carbocycles. The van der Waals surface area contributed by atoms with Crippen LogP contribution >= 0.6 is 0 Å². The van der Waals surface area contributed by atoms with Crippen LogP contribution in [0.4, 0.5) is 0 Å². The van der Waals surface area contributed by atoms with Crippen LogP contribution in [0.3, 0.4) is 0 Å². The molecule has 0 bridgehead atoms. The Balaban J connectivity index is 3.23. The maximum atomic E-state index is 5.93. The Morgan fingerprint density at radius 3 is 2.45 bits per heavy atom. The monoisotopic (exact) mass is 159 g/mol. The lowest BCUT2D eigenvalue weighted by molar-refractivity contribution is 0.406. The van der Waals surface area contributed by atoms with Crippen molar-refractivity contribution >= 4 is 0 Å². The van der Waals surface area contributed by atoms with Crippen LogP contribution in [0.2, 0.25) is 0 Å². The first-order chi connectivity index (χ1) is 5.12. The molecule has 0 rings (SSSR count). The average molecular weight is 159 g/mol. The summed E-state index contributed by atoms with van der Waals surface area (Å²) in [6.45, 7) is 6.76. The molecule has 0 aromatic heterocycles. The Morgan fingerprint density at radius 1 is 1.36 bits per heavy atom. The van der Waals surface area contributed by atoms with E-state index < -0.39 is 0 Å². The summed E-state index contributed by atoms with van der Waals surface area (Å²) in [5.41, 5.74) is 11.2. The second kappa shape index (κ2) is 5.52. The van der Waals surface area contributed by atoms with Crippen molar-refractivity contribution in [2.45, 2.75) is 32.2 Å². The lowest BCUT2D eigenvalue weighted by Crippen LogP contribution is -2.39. The van der Waals surface area contributed by atoms with Crippen molar-refractivity contribution in [3.63, 3.8) is 0 Å². The van der Waals surface area contributed by atoms with Crippen molar-refractivity contribution < 1.29 is 0 Å². The maximum Gasteiger partial charge on any atom is 0.0135 e. The fraction of sp³-hybridized carbons (Fsp3) is 1.00. The van der Waals surface area contributed by atoms with Gasteiger partial charge in [-0.1, -0.05) is 6.92 Å². The first kappa shape index (κ1) is 10.9. The van der Waals surface area contributed by atoms with Gasteiger partial charge < -0.3 is 16.8 Å². The van der Waals surface area contributed by atoms with Crippen LogP contribution in [0.25, 0.3) is 0 Å². The van der Waals surface area contributed by atoms with E-state index in [1.54, 1.807) is 0 Å². The van der Waals surface area contributed by atoms with Crippen LogP contribution in [0, 0.1) is 0 Å². The van der Waals surface area contributed by atoms with Crippen LogP contribution in [-0.4, -0.2) is 25.2 Å². The van der Waals surface area contributed by atoms with Gasteiger partial charge in [-0.15, -0.1) is 0 Å². The first-order valence-electron chi connectivity index (χ1n) is 4.32. The van der Waals surface area contributed by atoms with E-state index in [0.29, 0.717) is 6.54 Å². The molecule has 0 aliphatic rings. The third-order valence-corrected chi connectivity index (χ3v) is 2.00. The highest BCUT2D eigenvalue weighted by Crippen LogP contribution is 2.08. The lowest BCUT2D eigenvalue weighted by atomic mass is 9.96. The van der Waals surface area contributed by atoms with Gasteiger partial charge in [0.05, 0.1) is 0 Å². The molecule has 68 valence electrons. The Morgan fingerprint density at radius 2 is 2.00 bits per heavy atom. The van der Waals surface area contributed by atoms with Gasteiger partial charge in [-0.05, 0) is 26.3 Å². The van der Waals surface area contributed by atoms with E-state index in [2.05, 4.69) is 19.2 Å². The van der Waals surface area contributed by atoms with E-state index in [-0.39, 0.29) is 5.54 Å². The molecule has 0 heterocycles. The van der Waals surface area contributed by atoms with Gasteiger partial charge in [0.25, 0.3) is 0 Å². The molecule has 3 nitrogen and oxygen atoms in total. The largest absolute Gasteiger partial charge is 0.329 e. The molecule has 5 N–H and O–H groups in total. The predicted molar refractivity (Wildman–Crippen MR) is 49.4 cm³/mol. The van der Waals surface area contributed by atoms with Crippen molar-refractivity contribution in [2.75, 3.05) is 19.6 Å². The zero-order chi connectivity index (χ0) is 8.74. The summed E-state index contributed by atoms with van der Waals surface area (Å²) in [6, 6.07) is 0. The fourth-order valence-corrected chi connectivity index (χ4v) is 0.778. The van der Waals surface area contributed by atoms with Crippen LogP contribution < -0.4 is 16.8 Å². The predicted octanol–water partition coefficient (Wildman–Crippen LogP) is 0.0522. The Kier molecular flexibility index (Phi) is 5.46. The average Bonchev–Trinajstić information content (AvgIpc) is 1.99. The van der Waals surface area contributed by atoms with Gasteiger partial charge in [-0.3, -0.25) is 0 Å². The van der Waals surface area contributed by atoms with E-state index in [1.807, 2.05) is 0 Å². The topological polar surface area (TPSA) is 64.1 Å². The molecule has 0 aromatic rings. The number of nitrogens with two attached hydrogens (primary N) is 2. The molecule has 3 heteroatoms. The van der Waals surface area contributed by atoms with Crippen LogP contribution in [0.5, 0.6) is 0 Å². The van der Waals surface area contributed by atoms with E-state index in [9.17, 15) is 0 Å². The lowest BCUT2D eigenvalue weighted by Gasteiger charge is -2.22. The van der Waals surface area contributed by atoms with Crippen LogP contribution in [-0.2, 0) is 0 Å². The molecule has 0 fully saturated rings. The van der Waals surface area contributed by atoms with Crippen molar-refractivity contribution in [3.05, 3.63) is 0 Å². The SMILES string of the molecule is CCC(C)(N)CCNCCN. The highest BCUT2D eigenvalue weighted by atomic mass is 14.9. The molecule has 0 aliphatic heterocycles. The van der Waals surface area contributed by atoms with Gasteiger partial charge in [-0.2, -0.15) is 0 Å². The van der Waals surface area contributed by atoms with E-state index in [1.165, 1.54) is 0 Å². The number of rotatable bonds is 6. The second-order valence-corrected chi connectivity index (χ2v) is 3.30. The van der Waals surface area contributed by atoms with Crippen molar-refractivity contribution in [3.8, 4) is 0 Å². The Hall–Kier alpha value is -0.120. The zero-order valence-electron chi connectivity index (χ0n) is 7.69. The summed E-state index contributed by atoms with van der Waals surface area (Å²) in [5.74, 6) is 0.